The van der Waals surface area contributed by atoms with Gasteiger partial charge >= 0.3 is 5.92 Å². The van der Waals surface area contributed by atoms with Crippen molar-refractivity contribution in [3.8, 4) is 0 Å². The minimum atomic E-state index is -3.35. The Morgan fingerprint density at radius 2 is 2.05 bits per heavy atom. The molecule has 20 heavy (non-hydrogen) atoms. The number of amides is 1. The minimum absolute atomic E-state index is 0.0102. The first-order chi connectivity index (χ1) is 9.43. The van der Waals surface area contributed by atoms with Gasteiger partial charge in [-0.3, -0.25) is 4.79 Å². The van der Waals surface area contributed by atoms with E-state index in [1.807, 2.05) is 0 Å². The molecule has 1 aromatic carbocycles. The molecular formula is C15H17F2NO2. The molecule has 1 fully saturated rings. The molecule has 1 saturated heterocycles. The van der Waals surface area contributed by atoms with Gasteiger partial charge in [0.1, 0.15) is 6.10 Å². The Morgan fingerprint density at radius 3 is 2.60 bits per heavy atom. The van der Waals surface area contributed by atoms with Crippen LogP contribution in [0.5, 0.6) is 0 Å². The van der Waals surface area contributed by atoms with Gasteiger partial charge in [0.15, 0.2) is 0 Å². The van der Waals surface area contributed by atoms with E-state index >= 15 is 0 Å². The lowest BCUT2D eigenvalue weighted by molar-refractivity contribution is -0.127. The van der Waals surface area contributed by atoms with Crippen LogP contribution in [-0.4, -0.2) is 35.1 Å². The molecule has 1 aliphatic heterocycles. The third-order valence-electron chi connectivity index (χ3n) is 3.59. The van der Waals surface area contributed by atoms with Crippen LogP contribution >= 0.6 is 0 Å². The van der Waals surface area contributed by atoms with Gasteiger partial charge in [0.2, 0.25) is 5.91 Å². The molecule has 2 atom stereocenters. The zero-order valence-electron chi connectivity index (χ0n) is 11.2. The van der Waals surface area contributed by atoms with E-state index in [1.54, 1.807) is 13.1 Å². The Morgan fingerprint density at radius 1 is 1.40 bits per heavy atom. The number of hydrogen-bond acceptors (Lipinski definition) is 2. The Balaban J connectivity index is 2.08. The number of alkyl halides is 2. The molecule has 0 radical (unpaired) electrons. The lowest BCUT2D eigenvalue weighted by Crippen LogP contribution is -2.31. The fourth-order valence-corrected chi connectivity index (χ4v) is 2.24. The SMILES string of the molecule is CN1C(=O)CCC1/C=C/C(O)C(F)(F)c1ccccc1. The van der Waals surface area contributed by atoms with Gasteiger partial charge in [-0.15, -0.1) is 0 Å². The normalized spacial score (nSPS) is 21.7. The predicted molar refractivity (Wildman–Crippen MR) is 71.3 cm³/mol. The first-order valence-corrected chi connectivity index (χ1v) is 6.48. The summed E-state index contributed by atoms with van der Waals surface area (Å²) in [6, 6.07) is 6.99. The maximum atomic E-state index is 14.0. The average Bonchev–Trinajstić information content (AvgIpc) is 2.77. The topological polar surface area (TPSA) is 40.5 Å². The van der Waals surface area contributed by atoms with E-state index in [-0.39, 0.29) is 17.5 Å². The van der Waals surface area contributed by atoms with Crippen LogP contribution in [0, 0.1) is 0 Å². The smallest absolute Gasteiger partial charge is 0.302 e. The molecule has 1 heterocycles. The molecule has 0 aromatic heterocycles. The second kappa shape index (κ2) is 5.71. The highest BCUT2D eigenvalue weighted by molar-refractivity contribution is 5.78. The molecule has 0 bridgehead atoms. The fraction of sp³-hybridized carbons (Fsp3) is 0.400. The van der Waals surface area contributed by atoms with E-state index in [4.69, 9.17) is 0 Å². The number of likely N-dealkylation sites (N-methyl/N-ethyl adjacent to an activating group) is 1. The Hall–Kier alpha value is -1.75. The Bertz CT molecular complexity index is 502. The van der Waals surface area contributed by atoms with Crippen LogP contribution in [0.4, 0.5) is 8.78 Å². The number of carbonyl (C=O) groups is 1. The third-order valence-corrected chi connectivity index (χ3v) is 3.59. The van der Waals surface area contributed by atoms with Gasteiger partial charge in [-0.2, -0.15) is 8.78 Å². The Kier molecular flexibility index (Phi) is 4.18. The molecule has 108 valence electrons. The summed E-state index contributed by atoms with van der Waals surface area (Å²) in [6.07, 6.45) is 1.65. The van der Waals surface area contributed by atoms with Crippen molar-refractivity contribution < 1.29 is 18.7 Å². The zero-order chi connectivity index (χ0) is 14.8. The van der Waals surface area contributed by atoms with Crippen molar-refractivity contribution in [1.82, 2.24) is 4.90 Å². The van der Waals surface area contributed by atoms with Crippen molar-refractivity contribution in [3.05, 3.63) is 48.0 Å². The molecule has 2 unspecified atom stereocenters. The van der Waals surface area contributed by atoms with Gasteiger partial charge in [0.25, 0.3) is 0 Å². The maximum absolute atomic E-state index is 14.0. The number of nitrogens with zero attached hydrogens (tertiary/aromatic N) is 1. The van der Waals surface area contributed by atoms with Gasteiger partial charge in [0, 0.05) is 19.0 Å². The number of likely N-dealkylation sites (tertiary alicyclic amines) is 1. The van der Waals surface area contributed by atoms with Gasteiger partial charge in [-0.25, -0.2) is 0 Å². The molecule has 5 heteroatoms. The Labute approximate surface area is 116 Å². The van der Waals surface area contributed by atoms with Crippen molar-refractivity contribution in [3.63, 3.8) is 0 Å². The summed E-state index contributed by atoms with van der Waals surface area (Å²) < 4.78 is 28.0. The highest BCUT2D eigenvalue weighted by atomic mass is 19.3. The van der Waals surface area contributed by atoms with E-state index in [9.17, 15) is 18.7 Å². The molecule has 1 aliphatic rings. The molecule has 1 aromatic rings. The molecule has 2 rings (SSSR count). The van der Waals surface area contributed by atoms with Gasteiger partial charge in [-0.05, 0) is 6.42 Å². The lowest BCUT2D eigenvalue weighted by atomic mass is 10.0. The summed E-state index contributed by atoms with van der Waals surface area (Å²) in [5, 5.41) is 9.70. The quantitative estimate of drug-likeness (QED) is 0.860. The van der Waals surface area contributed by atoms with Crippen molar-refractivity contribution in [2.24, 2.45) is 0 Å². The standard InChI is InChI=1S/C15H17F2NO2/c1-18-12(8-10-14(18)20)7-9-13(19)15(16,17)11-5-3-2-4-6-11/h2-7,9,12-13,19H,8,10H2,1H3/b9-7+. The van der Waals surface area contributed by atoms with Crippen LogP contribution in [0.3, 0.4) is 0 Å². The molecule has 1 N–H and O–H groups in total. The van der Waals surface area contributed by atoms with Crippen LogP contribution < -0.4 is 0 Å². The second-order valence-corrected chi connectivity index (χ2v) is 4.93. The van der Waals surface area contributed by atoms with Crippen LogP contribution in [-0.2, 0) is 10.7 Å². The number of aliphatic hydroxyl groups is 1. The average molecular weight is 281 g/mol. The first-order valence-electron chi connectivity index (χ1n) is 6.48. The number of benzene rings is 1. The van der Waals surface area contributed by atoms with E-state index in [0.29, 0.717) is 12.8 Å². The molecule has 3 nitrogen and oxygen atoms in total. The number of rotatable bonds is 4. The fourth-order valence-electron chi connectivity index (χ4n) is 2.24. The van der Waals surface area contributed by atoms with Crippen molar-refractivity contribution >= 4 is 5.91 Å². The number of aliphatic hydroxyl groups excluding tert-OH is 1. The number of carbonyl (C=O) groups excluding carboxylic acids is 1. The molecular weight excluding hydrogens is 264 g/mol. The second-order valence-electron chi connectivity index (χ2n) is 4.93. The highest BCUT2D eigenvalue weighted by Crippen LogP contribution is 2.32. The first kappa shape index (κ1) is 14.7. The van der Waals surface area contributed by atoms with E-state index in [2.05, 4.69) is 0 Å². The molecule has 0 aliphatic carbocycles. The highest BCUT2D eigenvalue weighted by Gasteiger charge is 2.39. The third kappa shape index (κ3) is 2.88. The summed E-state index contributed by atoms with van der Waals surface area (Å²) in [4.78, 5) is 12.8. The monoisotopic (exact) mass is 281 g/mol. The maximum Gasteiger partial charge on any atom is 0.302 e. The summed E-state index contributed by atoms with van der Waals surface area (Å²) in [5.74, 6) is -3.36. The van der Waals surface area contributed by atoms with Crippen molar-refractivity contribution in [2.45, 2.75) is 30.9 Å². The molecule has 0 spiro atoms. The van der Waals surface area contributed by atoms with Gasteiger partial charge < -0.3 is 10.0 Å². The number of halogens is 2. The van der Waals surface area contributed by atoms with Crippen LogP contribution in [0.2, 0.25) is 0 Å². The largest absolute Gasteiger partial charge is 0.382 e. The zero-order valence-corrected chi connectivity index (χ0v) is 11.2. The van der Waals surface area contributed by atoms with Gasteiger partial charge in [0.05, 0.1) is 6.04 Å². The van der Waals surface area contributed by atoms with Crippen molar-refractivity contribution in [1.29, 1.82) is 0 Å². The number of hydrogen-bond donors (Lipinski definition) is 1. The summed E-state index contributed by atoms with van der Waals surface area (Å²) in [5.41, 5.74) is -0.229. The van der Waals surface area contributed by atoms with Crippen LogP contribution in [0.1, 0.15) is 18.4 Å². The van der Waals surface area contributed by atoms with E-state index in [0.717, 1.165) is 6.08 Å². The van der Waals surface area contributed by atoms with Crippen molar-refractivity contribution in [2.75, 3.05) is 7.05 Å². The van der Waals surface area contributed by atoms with E-state index < -0.39 is 12.0 Å². The van der Waals surface area contributed by atoms with Gasteiger partial charge in [-0.1, -0.05) is 42.5 Å². The summed E-state index contributed by atoms with van der Waals surface area (Å²) in [7, 11) is 1.63. The van der Waals surface area contributed by atoms with E-state index in [1.165, 1.54) is 35.2 Å². The predicted octanol–water partition coefficient (Wildman–Crippen LogP) is 2.32. The molecule has 1 amide bonds. The summed E-state index contributed by atoms with van der Waals surface area (Å²) >= 11 is 0. The molecule has 0 saturated carbocycles. The minimum Gasteiger partial charge on any atom is -0.382 e. The van der Waals surface area contributed by atoms with Crippen LogP contribution in [0.15, 0.2) is 42.5 Å². The summed E-state index contributed by atoms with van der Waals surface area (Å²) in [6.45, 7) is 0. The lowest BCUT2D eigenvalue weighted by Gasteiger charge is -2.21. The van der Waals surface area contributed by atoms with Crippen LogP contribution in [0.25, 0.3) is 0 Å².